The predicted molar refractivity (Wildman–Crippen MR) is 116 cm³/mol. The van der Waals surface area contributed by atoms with Gasteiger partial charge in [-0.1, -0.05) is 37.3 Å². The molecule has 1 amide bonds. The number of likely N-dealkylation sites (tertiary alicyclic amines) is 1. The summed E-state index contributed by atoms with van der Waals surface area (Å²) in [4.78, 5) is 21.2. The van der Waals surface area contributed by atoms with E-state index in [9.17, 15) is 4.79 Å². The molecule has 0 atom stereocenters. The third kappa shape index (κ3) is 7.89. The van der Waals surface area contributed by atoms with E-state index in [1.165, 1.54) is 5.56 Å². The van der Waals surface area contributed by atoms with Crippen LogP contribution >= 0.6 is 0 Å². The second-order valence-electron chi connectivity index (χ2n) is 7.62. The van der Waals surface area contributed by atoms with Gasteiger partial charge in [-0.2, -0.15) is 0 Å². The van der Waals surface area contributed by atoms with Gasteiger partial charge in [-0.15, -0.1) is 0 Å². The fourth-order valence-corrected chi connectivity index (χ4v) is 3.88. The van der Waals surface area contributed by atoms with E-state index in [-0.39, 0.29) is 11.9 Å². The smallest absolute Gasteiger partial charge is 0.222 e. The quantitative estimate of drug-likeness (QED) is 0.347. The van der Waals surface area contributed by atoms with E-state index < -0.39 is 0 Å². The molecule has 1 aromatic rings. The molecule has 6 heteroatoms. The molecule has 1 aromatic carbocycles. The Bertz CT molecular complexity index is 592. The van der Waals surface area contributed by atoms with E-state index in [1.807, 2.05) is 6.92 Å². The minimum Gasteiger partial charge on any atom is -0.370 e. The average molecular weight is 388 g/mol. The van der Waals surface area contributed by atoms with Crippen molar-refractivity contribution in [2.24, 2.45) is 16.5 Å². The van der Waals surface area contributed by atoms with Crippen molar-refractivity contribution in [3.05, 3.63) is 35.9 Å². The van der Waals surface area contributed by atoms with Crippen LogP contribution in [-0.4, -0.2) is 60.4 Å². The molecule has 1 heterocycles. The second-order valence-corrected chi connectivity index (χ2v) is 7.62. The lowest BCUT2D eigenvalue weighted by Gasteiger charge is -2.38. The molecule has 0 bridgehead atoms. The first-order valence-corrected chi connectivity index (χ1v) is 10.7. The van der Waals surface area contributed by atoms with E-state index in [4.69, 9.17) is 11.5 Å². The molecular formula is C22H37N5O. The number of amides is 1. The first-order chi connectivity index (χ1) is 13.6. The molecule has 1 fully saturated rings. The van der Waals surface area contributed by atoms with Crippen LogP contribution in [0.15, 0.2) is 35.3 Å². The number of rotatable bonds is 11. The van der Waals surface area contributed by atoms with Crippen molar-refractivity contribution in [1.29, 1.82) is 0 Å². The Morgan fingerprint density at radius 1 is 1.14 bits per heavy atom. The minimum atomic E-state index is 0.154. The molecule has 156 valence electrons. The van der Waals surface area contributed by atoms with Crippen molar-refractivity contribution in [2.75, 3.05) is 32.7 Å². The standard InChI is InChI=1S/C22H37N5O/c1-2-21(28)27(15-8-4-7-14-25-22(23)24)20-12-17-26(18-13-20)16-11-19-9-5-3-6-10-19/h3,5-6,9-10,20H,2,4,7-8,11-18H2,1H3,(H4,23,24,25). The molecule has 0 aliphatic carbocycles. The Hall–Kier alpha value is -2.08. The van der Waals surface area contributed by atoms with Gasteiger partial charge < -0.3 is 21.3 Å². The fraction of sp³-hybridized carbons (Fsp3) is 0.636. The average Bonchev–Trinajstić information content (AvgIpc) is 2.72. The topological polar surface area (TPSA) is 87.9 Å². The van der Waals surface area contributed by atoms with Crippen molar-refractivity contribution >= 4 is 11.9 Å². The first kappa shape index (κ1) is 22.2. The van der Waals surface area contributed by atoms with E-state index in [2.05, 4.69) is 45.1 Å². The molecule has 0 saturated carbocycles. The number of unbranched alkanes of at least 4 members (excludes halogenated alkanes) is 2. The Labute approximate surface area is 170 Å². The van der Waals surface area contributed by atoms with Crippen LogP contribution in [0.4, 0.5) is 0 Å². The van der Waals surface area contributed by atoms with Gasteiger partial charge in [-0.3, -0.25) is 9.79 Å². The number of aliphatic imine (C=N–C) groups is 1. The van der Waals surface area contributed by atoms with Crippen LogP contribution in [0.1, 0.15) is 51.0 Å². The highest BCUT2D eigenvalue weighted by Crippen LogP contribution is 2.19. The maximum absolute atomic E-state index is 12.5. The van der Waals surface area contributed by atoms with E-state index in [1.54, 1.807) is 0 Å². The molecule has 1 aliphatic heterocycles. The highest BCUT2D eigenvalue weighted by Gasteiger charge is 2.26. The lowest BCUT2D eigenvalue weighted by molar-refractivity contribution is -0.134. The number of carbonyl (C=O) groups excluding carboxylic acids is 1. The van der Waals surface area contributed by atoms with Gasteiger partial charge in [-0.05, 0) is 44.1 Å². The molecule has 1 saturated heterocycles. The van der Waals surface area contributed by atoms with Crippen molar-refractivity contribution in [3.8, 4) is 0 Å². The zero-order valence-corrected chi connectivity index (χ0v) is 17.4. The van der Waals surface area contributed by atoms with Crippen molar-refractivity contribution < 1.29 is 4.79 Å². The number of hydrogen-bond acceptors (Lipinski definition) is 3. The molecule has 1 aliphatic rings. The summed E-state index contributed by atoms with van der Waals surface area (Å²) in [7, 11) is 0. The summed E-state index contributed by atoms with van der Waals surface area (Å²) in [5, 5.41) is 0. The summed E-state index contributed by atoms with van der Waals surface area (Å²) in [5.74, 6) is 0.439. The lowest BCUT2D eigenvalue weighted by atomic mass is 10.0. The summed E-state index contributed by atoms with van der Waals surface area (Å²) in [6.45, 7) is 6.74. The molecule has 0 radical (unpaired) electrons. The molecule has 6 nitrogen and oxygen atoms in total. The molecule has 0 spiro atoms. The third-order valence-electron chi connectivity index (χ3n) is 5.53. The van der Waals surface area contributed by atoms with Crippen LogP contribution in [0, 0.1) is 0 Å². The summed E-state index contributed by atoms with van der Waals surface area (Å²) in [6.07, 6.45) is 6.86. The van der Waals surface area contributed by atoms with Crippen LogP contribution in [0.5, 0.6) is 0 Å². The Morgan fingerprint density at radius 3 is 2.50 bits per heavy atom. The molecule has 0 aromatic heterocycles. The number of benzene rings is 1. The fourth-order valence-electron chi connectivity index (χ4n) is 3.88. The molecular weight excluding hydrogens is 350 g/mol. The summed E-state index contributed by atoms with van der Waals surface area (Å²) in [5.41, 5.74) is 12.1. The molecule has 0 unspecified atom stereocenters. The van der Waals surface area contributed by atoms with Crippen molar-refractivity contribution in [3.63, 3.8) is 0 Å². The largest absolute Gasteiger partial charge is 0.370 e. The number of guanidine groups is 1. The van der Waals surface area contributed by atoms with Crippen LogP contribution in [0.25, 0.3) is 0 Å². The maximum Gasteiger partial charge on any atom is 0.222 e. The van der Waals surface area contributed by atoms with Gasteiger partial charge in [0.05, 0.1) is 0 Å². The molecule has 4 N–H and O–H groups in total. The lowest BCUT2D eigenvalue weighted by Crippen LogP contribution is -2.48. The highest BCUT2D eigenvalue weighted by atomic mass is 16.2. The van der Waals surface area contributed by atoms with Gasteiger partial charge in [0, 0.05) is 45.2 Å². The summed E-state index contributed by atoms with van der Waals surface area (Å²) < 4.78 is 0. The van der Waals surface area contributed by atoms with Gasteiger partial charge in [0.25, 0.3) is 0 Å². The number of nitrogens with zero attached hydrogens (tertiary/aromatic N) is 3. The molecule has 2 rings (SSSR count). The van der Waals surface area contributed by atoms with Gasteiger partial charge in [-0.25, -0.2) is 0 Å². The van der Waals surface area contributed by atoms with Crippen LogP contribution in [0.3, 0.4) is 0 Å². The molecule has 28 heavy (non-hydrogen) atoms. The number of nitrogens with two attached hydrogens (primary N) is 2. The van der Waals surface area contributed by atoms with Gasteiger partial charge >= 0.3 is 0 Å². The van der Waals surface area contributed by atoms with Crippen LogP contribution in [-0.2, 0) is 11.2 Å². The maximum atomic E-state index is 12.5. The predicted octanol–water partition coefficient (Wildman–Crippen LogP) is 2.38. The van der Waals surface area contributed by atoms with E-state index in [0.29, 0.717) is 19.0 Å². The minimum absolute atomic E-state index is 0.154. The summed E-state index contributed by atoms with van der Waals surface area (Å²) in [6, 6.07) is 11.1. The second kappa shape index (κ2) is 12.4. The van der Waals surface area contributed by atoms with Gasteiger partial charge in [0.2, 0.25) is 5.91 Å². The van der Waals surface area contributed by atoms with E-state index >= 15 is 0 Å². The van der Waals surface area contributed by atoms with Gasteiger partial charge in [0.15, 0.2) is 5.96 Å². The normalized spacial score (nSPS) is 15.3. The van der Waals surface area contributed by atoms with Crippen molar-refractivity contribution in [2.45, 2.75) is 57.9 Å². The SMILES string of the molecule is CCC(=O)N(CCCCCN=C(N)N)C1CCN(CCc2ccccc2)CC1. The highest BCUT2D eigenvalue weighted by molar-refractivity contribution is 5.76. The number of hydrogen-bond donors (Lipinski definition) is 2. The van der Waals surface area contributed by atoms with Crippen LogP contribution in [0.2, 0.25) is 0 Å². The van der Waals surface area contributed by atoms with Crippen LogP contribution < -0.4 is 11.5 Å². The third-order valence-corrected chi connectivity index (χ3v) is 5.53. The Balaban J connectivity index is 1.72. The number of carbonyl (C=O) groups is 1. The number of piperidine rings is 1. The zero-order valence-electron chi connectivity index (χ0n) is 17.4. The Morgan fingerprint density at radius 2 is 1.86 bits per heavy atom. The van der Waals surface area contributed by atoms with Crippen molar-refractivity contribution in [1.82, 2.24) is 9.80 Å². The summed E-state index contributed by atoms with van der Waals surface area (Å²) >= 11 is 0. The van der Waals surface area contributed by atoms with E-state index in [0.717, 1.165) is 64.7 Å². The monoisotopic (exact) mass is 387 g/mol. The Kier molecular flexibility index (Phi) is 9.83. The van der Waals surface area contributed by atoms with Gasteiger partial charge in [0.1, 0.15) is 0 Å². The zero-order chi connectivity index (χ0) is 20.2. The first-order valence-electron chi connectivity index (χ1n) is 10.7.